The molecule has 0 bridgehead atoms. The van der Waals surface area contributed by atoms with E-state index in [1.807, 2.05) is 39.3 Å². The van der Waals surface area contributed by atoms with Gasteiger partial charge in [-0.15, -0.1) is 11.6 Å². The third-order valence-electron chi connectivity index (χ3n) is 4.08. The summed E-state index contributed by atoms with van der Waals surface area (Å²) in [6, 6.07) is 6.54. The topological polar surface area (TPSA) is 63.5 Å². The lowest BCUT2D eigenvalue weighted by molar-refractivity contribution is -0.116. The van der Waals surface area contributed by atoms with Crippen molar-refractivity contribution in [1.82, 2.24) is 14.7 Å². The van der Waals surface area contributed by atoms with Crippen molar-refractivity contribution in [3.63, 3.8) is 0 Å². The molecule has 0 fully saturated rings. The number of halogens is 2. The lowest BCUT2D eigenvalue weighted by Crippen LogP contribution is -2.08. The van der Waals surface area contributed by atoms with E-state index >= 15 is 0 Å². The Kier molecular flexibility index (Phi) is 7.43. The zero-order valence-electron chi connectivity index (χ0n) is 16.3. The molecule has 0 spiro atoms. The van der Waals surface area contributed by atoms with Gasteiger partial charge in [-0.2, -0.15) is 0 Å². The number of fused-ring (bicyclic) bond motifs is 1. The summed E-state index contributed by atoms with van der Waals surface area (Å²) in [6.07, 6.45) is 2.47. The highest BCUT2D eigenvalue weighted by Crippen LogP contribution is 2.31. The van der Waals surface area contributed by atoms with Crippen LogP contribution in [0.5, 0.6) is 0 Å². The van der Waals surface area contributed by atoms with Crippen LogP contribution in [0.4, 0.5) is 4.39 Å². The predicted molar refractivity (Wildman–Crippen MR) is 110 cm³/mol. The number of aromatic nitrogens is 2. The zero-order valence-corrected chi connectivity index (χ0v) is 17.1. The lowest BCUT2D eigenvalue weighted by atomic mass is 9.99. The lowest BCUT2D eigenvalue weighted by Gasteiger charge is -2.09. The van der Waals surface area contributed by atoms with Gasteiger partial charge in [0.25, 0.3) is 0 Å². The van der Waals surface area contributed by atoms with Crippen LogP contribution in [0.2, 0.25) is 0 Å². The second kappa shape index (κ2) is 9.57. The number of imidazole rings is 1. The van der Waals surface area contributed by atoms with Gasteiger partial charge in [-0.3, -0.25) is 9.59 Å². The number of carbonyl (C=O) groups is 2. The molecule has 2 aromatic heterocycles. The zero-order chi connectivity index (χ0) is 20.8. The molecular weight excluding hydrogens is 381 g/mol. The Morgan fingerprint density at radius 2 is 1.96 bits per heavy atom. The van der Waals surface area contributed by atoms with Crippen LogP contribution in [0.25, 0.3) is 16.9 Å². The normalized spacial score (nSPS) is 10.5. The van der Waals surface area contributed by atoms with Gasteiger partial charge in [-0.25, -0.2) is 9.37 Å². The molecule has 5 nitrogen and oxygen atoms in total. The number of pyridine rings is 1. The first-order valence-electron chi connectivity index (χ1n) is 8.75. The Hall–Kier alpha value is -2.57. The minimum atomic E-state index is -0.540. The van der Waals surface area contributed by atoms with Crippen molar-refractivity contribution >= 4 is 29.3 Å². The maximum absolute atomic E-state index is 14.7. The van der Waals surface area contributed by atoms with Gasteiger partial charge in [-0.1, -0.05) is 0 Å². The highest BCUT2D eigenvalue weighted by molar-refractivity contribution is 6.27. The van der Waals surface area contributed by atoms with E-state index < -0.39 is 5.82 Å². The molecule has 1 N–H and O–H groups in total. The number of aldehydes is 1. The smallest absolute Gasteiger partial charge is 0.153 e. The standard InChI is InChI=1S/C19H16ClFN2O2.C2H7N/c1-11-3-4-23-16(8-14(25)9-20)19(22-17(23)5-11)18-12(2)6-13(10-24)7-15(18)21;1-3-2/h3-7,10H,8-9H2,1-2H3;3H,1-2H3. The third-order valence-corrected chi connectivity index (χ3v) is 4.37. The monoisotopic (exact) mass is 403 g/mol. The fourth-order valence-electron chi connectivity index (χ4n) is 2.94. The molecule has 0 unspecified atom stereocenters. The molecule has 2 heterocycles. The van der Waals surface area contributed by atoms with Crippen molar-refractivity contribution in [2.75, 3.05) is 20.0 Å². The summed E-state index contributed by atoms with van der Waals surface area (Å²) in [5.74, 6) is -0.834. The molecule has 0 aliphatic carbocycles. The van der Waals surface area contributed by atoms with Crippen LogP contribution in [0, 0.1) is 19.7 Å². The average Bonchev–Trinajstić information content (AvgIpc) is 2.98. The van der Waals surface area contributed by atoms with Crippen LogP contribution in [0.3, 0.4) is 0 Å². The van der Waals surface area contributed by atoms with Gasteiger partial charge in [0.15, 0.2) is 5.78 Å². The van der Waals surface area contributed by atoms with Gasteiger partial charge in [0.05, 0.1) is 23.7 Å². The Balaban J connectivity index is 0.000000878. The third kappa shape index (κ3) is 4.64. The van der Waals surface area contributed by atoms with Crippen molar-refractivity contribution in [1.29, 1.82) is 0 Å². The molecule has 0 saturated heterocycles. The number of carbonyl (C=O) groups excluding carboxylic acids is 2. The molecule has 0 aliphatic rings. The molecule has 0 atom stereocenters. The number of ketones is 1. The highest BCUT2D eigenvalue weighted by atomic mass is 35.5. The highest BCUT2D eigenvalue weighted by Gasteiger charge is 2.21. The molecule has 3 rings (SSSR count). The van der Waals surface area contributed by atoms with Gasteiger partial charge in [0, 0.05) is 17.3 Å². The van der Waals surface area contributed by atoms with Gasteiger partial charge in [0.2, 0.25) is 0 Å². The number of nitrogens with one attached hydrogen (secondary N) is 1. The first-order valence-corrected chi connectivity index (χ1v) is 9.29. The van der Waals surface area contributed by atoms with E-state index in [0.29, 0.717) is 34.4 Å². The fourth-order valence-corrected chi connectivity index (χ4v) is 3.03. The SMILES string of the molecule is CNC.Cc1ccn2c(CC(=O)CCl)c(-c3c(C)cc(C=O)cc3F)nc2c1. The Morgan fingerprint density at radius 3 is 2.54 bits per heavy atom. The first kappa shape index (κ1) is 21.7. The number of nitrogens with zero attached hydrogens (tertiary/aromatic N) is 2. The van der Waals surface area contributed by atoms with Crippen molar-refractivity contribution in [3.8, 4) is 11.3 Å². The summed E-state index contributed by atoms with van der Waals surface area (Å²) in [7, 11) is 3.75. The van der Waals surface area contributed by atoms with Crippen LogP contribution in [-0.2, 0) is 11.2 Å². The number of aryl methyl sites for hydroxylation is 2. The van der Waals surface area contributed by atoms with Crippen LogP contribution in [-0.4, -0.2) is 41.4 Å². The summed E-state index contributed by atoms with van der Waals surface area (Å²) in [5.41, 5.74) is 3.76. The van der Waals surface area contributed by atoms with Crippen molar-refractivity contribution in [2.45, 2.75) is 20.3 Å². The number of rotatable bonds is 5. The molecular formula is C21H23ClFN3O2. The average molecular weight is 404 g/mol. The quantitative estimate of drug-likeness (QED) is 0.520. The molecule has 0 radical (unpaired) electrons. The number of hydrogen-bond donors (Lipinski definition) is 1. The van der Waals surface area contributed by atoms with Crippen LogP contribution < -0.4 is 5.32 Å². The molecule has 3 aromatic rings. The summed E-state index contributed by atoms with van der Waals surface area (Å²) in [6.45, 7) is 3.65. The van der Waals surface area contributed by atoms with Gasteiger partial charge in [0.1, 0.15) is 17.8 Å². The minimum absolute atomic E-state index is 0.0529. The second-order valence-corrected chi connectivity index (χ2v) is 6.77. The van der Waals surface area contributed by atoms with E-state index in [1.165, 1.54) is 6.07 Å². The van der Waals surface area contributed by atoms with Gasteiger partial charge < -0.3 is 9.72 Å². The van der Waals surface area contributed by atoms with Gasteiger partial charge >= 0.3 is 0 Å². The predicted octanol–water partition coefficient (Wildman–Crippen LogP) is 3.76. The maximum atomic E-state index is 14.7. The van der Waals surface area contributed by atoms with Crippen molar-refractivity contribution in [2.24, 2.45) is 0 Å². The fraction of sp³-hybridized carbons (Fsp3) is 0.286. The van der Waals surface area contributed by atoms with Crippen LogP contribution in [0.15, 0.2) is 30.5 Å². The van der Waals surface area contributed by atoms with E-state index in [4.69, 9.17) is 11.6 Å². The minimum Gasteiger partial charge on any atom is -0.323 e. The first-order chi connectivity index (χ1) is 13.4. The van der Waals surface area contributed by atoms with E-state index in [1.54, 1.807) is 17.4 Å². The van der Waals surface area contributed by atoms with E-state index in [9.17, 15) is 14.0 Å². The molecule has 0 amide bonds. The summed E-state index contributed by atoms with van der Waals surface area (Å²) < 4.78 is 16.4. The van der Waals surface area contributed by atoms with Crippen LogP contribution in [0.1, 0.15) is 27.2 Å². The van der Waals surface area contributed by atoms with Crippen molar-refractivity contribution < 1.29 is 14.0 Å². The number of Topliss-reactive ketones (excluding diaryl/α,β-unsaturated/α-hetero) is 1. The Morgan fingerprint density at radius 1 is 1.29 bits per heavy atom. The number of benzene rings is 1. The number of hydrogen-bond acceptors (Lipinski definition) is 4. The van der Waals surface area contributed by atoms with E-state index in [-0.39, 0.29) is 23.6 Å². The molecule has 0 saturated carbocycles. The maximum Gasteiger partial charge on any atom is 0.153 e. The summed E-state index contributed by atoms with van der Waals surface area (Å²) in [5, 5.41) is 2.75. The molecule has 1 aromatic carbocycles. The molecule has 0 aliphatic heterocycles. The molecule has 148 valence electrons. The Labute approximate surface area is 168 Å². The molecule has 7 heteroatoms. The Bertz CT molecular complexity index is 991. The van der Waals surface area contributed by atoms with E-state index in [0.717, 1.165) is 5.56 Å². The van der Waals surface area contributed by atoms with Gasteiger partial charge in [-0.05, 0) is 63.3 Å². The largest absolute Gasteiger partial charge is 0.323 e. The number of alkyl halides is 1. The van der Waals surface area contributed by atoms with E-state index in [2.05, 4.69) is 10.3 Å². The van der Waals surface area contributed by atoms with Crippen molar-refractivity contribution in [3.05, 3.63) is 58.7 Å². The van der Waals surface area contributed by atoms with Crippen LogP contribution >= 0.6 is 11.6 Å². The summed E-state index contributed by atoms with van der Waals surface area (Å²) >= 11 is 5.65. The second-order valence-electron chi connectivity index (χ2n) is 6.50. The molecule has 28 heavy (non-hydrogen) atoms. The summed E-state index contributed by atoms with van der Waals surface area (Å²) in [4.78, 5) is 27.4.